The Bertz CT molecular complexity index is 975. The van der Waals surface area contributed by atoms with Crippen LogP contribution < -0.4 is 5.32 Å². The maximum atomic E-state index is 10.7. The molecule has 108 valence electrons. The van der Waals surface area contributed by atoms with E-state index in [0.29, 0.717) is 6.54 Å². The minimum Gasteiger partial charge on any atom is -0.480 e. The van der Waals surface area contributed by atoms with Crippen molar-refractivity contribution >= 4 is 38.3 Å². The van der Waals surface area contributed by atoms with Crippen LogP contribution >= 0.6 is 0 Å². The average molecular weight is 289 g/mol. The molecule has 4 aromatic rings. The molecule has 0 aromatic heterocycles. The summed E-state index contributed by atoms with van der Waals surface area (Å²) in [7, 11) is 0. The number of hydrogen-bond donors (Lipinski definition) is 2. The summed E-state index contributed by atoms with van der Waals surface area (Å²) in [6.45, 7) is 0.530. The Morgan fingerprint density at radius 2 is 1.50 bits per heavy atom. The number of carbonyl (C=O) groups is 1. The quantitative estimate of drug-likeness (QED) is 0.562. The first kappa shape index (κ1) is 13.0. The van der Waals surface area contributed by atoms with Crippen molar-refractivity contribution in [3.05, 3.63) is 60.2 Å². The van der Waals surface area contributed by atoms with E-state index in [0.717, 1.165) is 5.56 Å². The maximum Gasteiger partial charge on any atom is 0.317 e. The summed E-state index contributed by atoms with van der Waals surface area (Å²) in [5.41, 5.74) is 1.13. The van der Waals surface area contributed by atoms with Crippen molar-refractivity contribution in [3.8, 4) is 0 Å². The number of carboxylic acid groups (broad SMARTS) is 1. The highest BCUT2D eigenvalue weighted by Crippen LogP contribution is 2.35. The molecular weight excluding hydrogens is 274 g/mol. The van der Waals surface area contributed by atoms with Crippen LogP contribution in [0.5, 0.6) is 0 Å². The molecule has 0 unspecified atom stereocenters. The summed E-state index contributed by atoms with van der Waals surface area (Å²) in [5.74, 6) is -0.835. The van der Waals surface area contributed by atoms with Crippen molar-refractivity contribution in [1.29, 1.82) is 0 Å². The first-order chi connectivity index (χ1) is 10.7. The number of aliphatic carboxylic acids is 1. The zero-order chi connectivity index (χ0) is 15.1. The molecule has 0 aliphatic rings. The molecule has 2 N–H and O–H groups in total. The van der Waals surface area contributed by atoms with Crippen molar-refractivity contribution in [2.45, 2.75) is 6.54 Å². The van der Waals surface area contributed by atoms with Gasteiger partial charge in [0.1, 0.15) is 0 Å². The van der Waals surface area contributed by atoms with Crippen LogP contribution in [0.1, 0.15) is 5.56 Å². The van der Waals surface area contributed by atoms with Crippen LogP contribution in [0.25, 0.3) is 32.3 Å². The number of carboxylic acids is 1. The van der Waals surface area contributed by atoms with Crippen LogP contribution in [-0.4, -0.2) is 17.6 Å². The minimum atomic E-state index is -0.835. The second kappa shape index (κ2) is 4.97. The molecule has 0 saturated heterocycles. The van der Waals surface area contributed by atoms with Crippen LogP contribution in [0.2, 0.25) is 0 Å². The second-order valence-corrected chi connectivity index (χ2v) is 5.58. The largest absolute Gasteiger partial charge is 0.480 e. The van der Waals surface area contributed by atoms with Gasteiger partial charge >= 0.3 is 5.97 Å². The third-order valence-electron chi connectivity index (χ3n) is 4.21. The van der Waals surface area contributed by atoms with Gasteiger partial charge in [0, 0.05) is 6.54 Å². The Balaban J connectivity index is 1.94. The minimum absolute atomic E-state index is 0.0258. The van der Waals surface area contributed by atoms with Gasteiger partial charge in [0.2, 0.25) is 0 Å². The van der Waals surface area contributed by atoms with E-state index in [1.807, 2.05) is 0 Å². The first-order valence-electron chi connectivity index (χ1n) is 7.32. The summed E-state index contributed by atoms with van der Waals surface area (Å²) >= 11 is 0. The molecular formula is C19H15NO2. The van der Waals surface area contributed by atoms with Crippen molar-refractivity contribution in [2.75, 3.05) is 6.54 Å². The highest BCUT2D eigenvalue weighted by atomic mass is 16.4. The van der Waals surface area contributed by atoms with Gasteiger partial charge in [-0.3, -0.25) is 4.79 Å². The number of benzene rings is 4. The number of rotatable bonds is 4. The first-order valence-corrected chi connectivity index (χ1v) is 7.32. The van der Waals surface area contributed by atoms with Gasteiger partial charge in [0.25, 0.3) is 0 Å². The van der Waals surface area contributed by atoms with Gasteiger partial charge in [-0.05, 0) is 37.9 Å². The molecule has 22 heavy (non-hydrogen) atoms. The van der Waals surface area contributed by atoms with Crippen LogP contribution in [0.4, 0.5) is 0 Å². The van der Waals surface area contributed by atoms with Gasteiger partial charge in [-0.25, -0.2) is 0 Å². The zero-order valence-corrected chi connectivity index (χ0v) is 12.0. The molecule has 0 aliphatic heterocycles. The van der Waals surface area contributed by atoms with Gasteiger partial charge in [-0.2, -0.15) is 0 Å². The molecule has 4 aromatic carbocycles. The standard InChI is InChI=1S/C19H15NO2/c21-17(22)11-20-10-15-7-6-14-5-4-12-2-1-3-13-8-9-16(15)19(14)18(12)13/h1-9,20H,10-11H2,(H,21,22). The fourth-order valence-corrected chi connectivity index (χ4v) is 3.25. The smallest absolute Gasteiger partial charge is 0.317 e. The van der Waals surface area contributed by atoms with Crippen LogP contribution in [0.3, 0.4) is 0 Å². The lowest BCUT2D eigenvalue weighted by Gasteiger charge is -2.14. The van der Waals surface area contributed by atoms with Crippen molar-refractivity contribution in [3.63, 3.8) is 0 Å². The Hall–Kier alpha value is -2.65. The Morgan fingerprint density at radius 1 is 0.864 bits per heavy atom. The van der Waals surface area contributed by atoms with Crippen molar-refractivity contribution < 1.29 is 9.90 Å². The maximum absolute atomic E-state index is 10.7. The Morgan fingerprint density at radius 3 is 2.23 bits per heavy atom. The monoisotopic (exact) mass is 289 g/mol. The molecule has 0 heterocycles. The molecule has 0 atom stereocenters. The average Bonchev–Trinajstić information content (AvgIpc) is 2.53. The van der Waals surface area contributed by atoms with Gasteiger partial charge in [-0.1, -0.05) is 54.6 Å². The zero-order valence-electron chi connectivity index (χ0n) is 12.0. The van der Waals surface area contributed by atoms with E-state index < -0.39 is 5.97 Å². The Labute approximate surface area is 127 Å². The predicted octanol–water partition coefficient (Wildman–Crippen LogP) is 3.76. The molecule has 3 nitrogen and oxygen atoms in total. The molecule has 0 spiro atoms. The summed E-state index contributed by atoms with van der Waals surface area (Å²) < 4.78 is 0. The van der Waals surface area contributed by atoms with Gasteiger partial charge in [-0.15, -0.1) is 0 Å². The lowest BCUT2D eigenvalue weighted by Crippen LogP contribution is -2.21. The lowest BCUT2D eigenvalue weighted by atomic mass is 9.92. The fraction of sp³-hybridized carbons (Fsp3) is 0.105. The van der Waals surface area contributed by atoms with Gasteiger partial charge < -0.3 is 10.4 Å². The fourth-order valence-electron chi connectivity index (χ4n) is 3.25. The summed E-state index contributed by atoms with van der Waals surface area (Å²) in [4.78, 5) is 10.7. The summed E-state index contributed by atoms with van der Waals surface area (Å²) in [5, 5.41) is 19.2. The SMILES string of the molecule is O=C(O)CNCc1ccc2ccc3cccc4ccc1c2c34. The van der Waals surface area contributed by atoms with E-state index in [9.17, 15) is 4.79 Å². The van der Waals surface area contributed by atoms with E-state index in [2.05, 4.69) is 59.9 Å². The van der Waals surface area contributed by atoms with E-state index in [4.69, 9.17) is 5.11 Å². The topological polar surface area (TPSA) is 49.3 Å². The molecule has 4 rings (SSSR count). The van der Waals surface area contributed by atoms with Crippen LogP contribution in [-0.2, 0) is 11.3 Å². The van der Waals surface area contributed by atoms with Crippen molar-refractivity contribution in [1.82, 2.24) is 5.32 Å². The van der Waals surface area contributed by atoms with Gasteiger partial charge in [0.05, 0.1) is 6.54 Å². The van der Waals surface area contributed by atoms with Crippen LogP contribution in [0.15, 0.2) is 54.6 Å². The molecule has 0 bridgehead atoms. The van der Waals surface area contributed by atoms with E-state index in [-0.39, 0.29) is 6.54 Å². The van der Waals surface area contributed by atoms with E-state index in [1.165, 1.54) is 32.3 Å². The van der Waals surface area contributed by atoms with E-state index >= 15 is 0 Å². The van der Waals surface area contributed by atoms with Gasteiger partial charge in [0.15, 0.2) is 0 Å². The molecule has 0 amide bonds. The Kier molecular flexibility index (Phi) is 2.94. The van der Waals surface area contributed by atoms with E-state index in [1.54, 1.807) is 0 Å². The highest BCUT2D eigenvalue weighted by Gasteiger charge is 2.10. The molecule has 0 radical (unpaired) electrons. The van der Waals surface area contributed by atoms with Crippen molar-refractivity contribution in [2.24, 2.45) is 0 Å². The molecule has 3 heteroatoms. The third-order valence-corrected chi connectivity index (χ3v) is 4.21. The predicted molar refractivity (Wildman–Crippen MR) is 89.5 cm³/mol. The highest BCUT2D eigenvalue weighted by molar-refractivity contribution is 6.23. The lowest BCUT2D eigenvalue weighted by molar-refractivity contribution is -0.135. The normalized spacial score (nSPS) is 11.6. The molecule has 0 saturated carbocycles. The third kappa shape index (κ3) is 1.98. The number of nitrogens with one attached hydrogen (secondary N) is 1. The second-order valence-electron chi connectivity index (χ2n) is 5.58. The number of hydrogen-bond acceptors (Lipinski definition) is 2. The summed E-state index contributed by atoms with van der Waals surface area (Å²) in [6.07, 6.45) is 0. The summed E-state index contributed by atoms with van der Waals surface area (Å²) in [6, 6.07) is 19.1. The molecule has 0 aliphatic carbocycles. The molecule has 0 fully saturated rings. The van der Waals surface area contributed by atoms with Crippen LogP contribution in [0, 0.1) is 0 Å².